The lowest BCUT2D eigenvalue weighted by atomic mass is 10.3. The molecule has 140 valence electrons. The molecule has 1 aliphatic rings. The van der Waals surface area contributed by atoms with E-state index in [1.807, 2.05) is 26.0 Å². The number of ether oxygens (including phenoxy) is 2. The highest BCUT2D eigenvalue weighted by Gasteiger charge is 2.17. The van der Waals surface area contributed by atoms with Crippen LogP contribution in [0.5, 0.6) is 11.5 Å². The van der Waals surface area contributed by atoms with E-state index >= 15 is 0 Å². The fourth-order valence-corrected chi connectivity index (χ4v) is 3.48. The minimum Gasteiger partial charge on any atom is -0.486 e. The van der Waals surface area contributed by atoms with E-state index in [4.69, 9.17) is 9.47 Å². The normalized spacial score (nSPS) is 13.3. The quantitative estimate of drug-likeness (QED) is 0.791. The van der Waals surface area contributed by atoms with Crippen LogP contribution < -0.4 is 20.1 Å². The summed E-state index contributed by atoms with van der Waals surface area (Å²) in [6.45, 7) is 5.09. The second kappa shape index (κ2) is 7.88. The number of benzene rings is 1. The number of carbonyl (C=O) groups excluding carboxylic acids is 2. The van der Waals surface area contributed by atoms with Crippen LogP contribution in [0.3, 0.4) is 0 Å². The van der Waals surface area contributed by atoms with Gasteiger partial charge in [-0.25, -0.2) is 4.98 Å². The first-order chi connectivity index (χ1) is 12.4. The van der Waals surface area contributed by atoms with E-state index in [1.165, 1.54) is 11.3 Å². The third kappa shape index (κ3) is 4.61. The number of thiazole rings is 1. The summed E-state index contributed by atoms with van der Waals surface area (Å²) < 4.78 is 12.0. The predicted molar refractivity (Wildman–Crippen MR) is 100 cm³/mol. The number of likely N-dealkylation sites (N-methyl/N-ethyl adjacent to an activating group) is 1. The Balaban J connectivity index is 1.59. The highest BCUT2D eigenvalue weighted by Crippen LogP contribution is 2.37. The highest BCUT2D eigenvalue weighted by atomic mass is 32.1. The van der Waals surface area contributed by atoms with Gasteiger partial charge in [0.05, 0.1) is 23.3 Å². The van der Waals surface area contributed by atoms with Crippen LogP contribution in [0.1, 0.15) is 13.8 Å². The molecule has 0 radical (unpaired) electrons. The third-order valence-electron chi connectivity index (χ3n) is 3.58. The molecule has 0 atom stereocenters. The number of rotatable bonds is 6. The minimum atomic E-state index is -0.221. The Kier molecular flexibility index (Phi) is 5.58. The van der Waals surface area contributed by atoms with Crippen molar-refractivity contribution >= 4 is 38.5 Å². The van der Waals surface area contributed by atoms with E-state index in [0.717, 1.165) is 10.2 Å². The first-order valence-corrected chi connectivity index (χ1v) is 9.20. The molecule has 2 N–H and O–H groups in total. The Morgan fingerprint density at radius 1 is 1.19 bits per heavy atom. The molecule has 1 aromatic carbocycles. The maximum Gasteiger partial charge on any atom is 0.240 e. The first-order valence-electron chi connectivity index (χ1n) is 8.38. The monoisotopic (exact) mass is 378 g/mol. The number of carbonyl (C=O) groups is 2. The van der Waals surface area contributed by atoms with Crippen molar-refractivity contribution in [1.82, 2.24) is 15.2 Å². The maximum atomic E-state index is 12.2. The third-order valence-corrected chi connectivity index (χ3v) is 4.51. The minimum absolute atomic E-state index is 0.0752. The SMILES string of the molecule is CC(C)NC(=O)CN(C)CC(=O)Nc1nc2cc3c(cc2s1)OCCO3. The number of fused-ring (bicyclic) bond motifs is 2. The molecule has 0 spiro atoms. The van der Waals surface area contributed by atoms with Crippen molar-refractivity contribution < 1.29 is 19.1 Å². The van der Waals surface area contributed by atoms with Crippen LogP contribution in [-0.4, -0.2) is 61.1 Å². The van der Waals surface area contributed by atoms with E-state index in [0.29, 0.717) is 29.8 Å². The van der Waals surface area contributed by atoms with Crippen LogP contribution in [0.2, 0.25) is 0 Å². The molecule has 0 aliphatic carbocycles. The summed E-state index contributed by atoms with van der Waals surface area (Å²) in [4.78, 5) is 30.0. The van der Waals surface area contributed by atoms with E-state index in [9.17, 15) is 9.59 Å². The smallest absolute Gasteiger partial charge is 0.240 e. The Bertz CT molecular complexity index is 777. The molecular weight excluding hydrogens is 356 g/mol. The molecule has 0 unspecified atom stereocenters. The van der Waals surface area contributed by atoms with Crippen LogP contribution in [0.4, 0.5) is 5.13 Å². The average Bonchev–Trinajstić information content (AvgIpc) is 2.91. The number of amides is 2. The van der Waals surface area contributed by atoms with Gasteiger partial charge in [-0.05, 0) is 20.9 Å². The number of aromatic nitrogens is 1. The van der Waals surface area contributed by atoms with Crippen LogP contribution in [0.15, 0.2) is 12.1 Å². The summed E-state index contributed by atoms with van der Waals surface area (Å²) >= 11 is 1.37. The van der Waals surface area contributed by atoms with Gasteiger partial charge < -0.3 is 20.1 Å². The number of hydrogen-bond acceptors (Lipinski definition) is 7. The summed E-state index contributed by atoms with van der Waals surface area (Å²) in [6.07, 6.45) is 0. The zero-order chi connectivity index (χ0) is 18.7. The summed E-state index contributed by atoms with van der Waals surface area (Å²) in [5.74, 6) is 1.03. The Labute approximate surface area is 155 Å². The zero-order valence-corrected chi connectivity index (χ0v) is 15.8. The van der Waals surface area contributed by atoms with Crippen LogP contribution in [0, 0.1) is 0 Å². The topological polar surface area (TPSA) is 92.8 Å². The fraction of sp³-hybridized carbons (Fsp3) is 0.471. The molecule has 1 aliphatic heterocycles. The number of nitrogens with zero attached hydrogens (tertiary/aromatic N) is 2. The highest BCUT2D eigenvalue weighted by molar-refractivity contribution is 7.22. The average molecular weight is 378 g/mol. The standard InChI is InChI=1S/C17H22N4O4S/c1-10(2)18-15(22)8-21(3)9-16(23)20-17-19-11-6-12-13(7-14(11)26-17)25-5-4-24-12/h6-7,10H,4-5,8-9H2,1-3H3,(H,18,22)(H,19,20,23). The van der Waals surface area contributed by atoms with Crippen molar-refractivity contribution in [1.29, 1.82) is 0 Å². The van der Waals surface area contributed by atoms with Gasteiger partial charge in [-0.3, -0.25) is 14.5 Å². The zero-order valence-electron chi connectivity index (χ0n) is 15.0. The van der Waals surface area contributed by atoms with Gasteiger partial charge in [-0.15, -0.1) is 0 Å². The molecule has 2 heterocycles. The molecule has 2 aromatic rings. The van der Waals surface area contributed by atoms with Crippen LogP contribution in [0.25, 0.3) is 10.2 Å². The number of hydrogen-bond donors (Lipinski definition) is 2. The van der Waals surface area contributed by atoms with Gasteiger partial charge in [-0.1, -0.05) is 11.3 Å². The van der Waals surface area contributed by atoms with Gasteiger partial charge in [0.2, 0.25) is 11.8 Å². The summed E-state index contributed by atoms with van der Waals surface area (Å²) in [5.41, 5.74) is 0.749. The molecule has 0 saturated carbocycles. The number of anilines is 1. The van der Waals surface area contributed by atoms with Gasteiger partial charge in [0.1, 0.15) is 13.2 Å². The van der Waals surface area contributed by atoms with Crippen LogP contribution >= 0.6 is 11.3 Å². The van der Waals surface area contributed by atoms with Crippen molar-refractivity contribution in [2.75, 3.05) is 38.7 Å². The van der Waals surface area contributed by atoms with Gasteiger partial charge in [-0.2, -0.15) is 0 Å². The second-order valence-corrected chi connectivity index (χ2v) is 7.46. The van der Waals surface area contributed by atoms with Gasteiger partial charge in [0, 0.05) is 18.2 Å². The molecule has 26 heavy (non-hydrogen) atoms. The molecule has 8 nitrogen and oxygen atoms in total. The van der Waals surface area contributed by atoms with Gasteiger partial charge in [0.25, 0.3) is 0 Å². The summed E-state index contributed by atoms with van der Waals surface area (Å²) in [6, 6.07) is 3.77. The van der Waals surface area contributed by atoms with Crippen molar-refractivity contribution in [3.8, 4) is 11.5 Å². The lowest BCUT2D eigenvalue weighted by molar-refractivity contribution is -0.123. The van der Waals surface area contributed by atoms with Crippen molar-refractivity contribution in [3.63, 3.8) is 0 Å². The van der Waals surface area contributed by atoms with Gasteiger partial charge in [0.15, 0.2) is 16.6 Å². The van der Waals surface area contributed by atoms with Crippen molar-refractivity contribution in [2.24, 2.45) is 0 Å². The molecule has 9 heteroatoms. The molecular formula is C17H22N4O4S. The molecule has 0 fully saturated rings. The Hall–Kier alpha value is -2.39. The lowest BCUT2D eigenvalue weighted by Gasteiger charge is -2.17. The van der Waals surface area contributed by atoms with Crippen molar-refractivity contribution in [3.05, 3.63) is 12.1 Å². The molecule has 3 rings (SSSR count). The largest absolute Gasteiger partial charge is 0.486 e. The summed E-state index contributed by atoms with van der Waals surface area (Å²) in [5, 5.41) is 6.08. The first kappa shape index (κ1) is 18.4. The Morgan fingerprint density at radius 2 is 1.85 bits per heavy atom. The van der Waals surface area contributed by atoms with E-state index in [2.05, 4.69) is 15.6 Å². The van der Waals surface area contributed by atoms with E-state index < -0.39 is 0 Å². The molecule has 2 amide bonds. The number of nitrogens with one attached hydrogen (secondary N) is 2. The fourth-order valence-electron chi connectivity index (χ4n) is 2.59. The van der Waals surface area contributed by atoms with Crippen LogP contribution in [-0.2, 0) is 9.59 Å². The van der Waals surface area contributed by atoms with E-state index in [1.54, 1.807) is 11.9 Å². The predicted octanol–water partition coefficient (Wildman–Crippen LogP) is 1.46. The van der Waals surface area contributed by atoms with Gasteiger partial charge >= 0.3 is 0 Å². The van der Waals surface area contributed by atoms with Crippen molar-refractivity contribution in [2.45, 2.75) is 19.9 Å². The molecule has 1 aromatic heterocycles. The summed E-state index contributed by atoms with van der Waals surface area (Å²) in [7, 11) is 1.72. The Morgan fingerprint density at radius 3 is 2.54 bits per heavy atom. The maximum absolute atomic E-state index is 12.2. The van der Waals surface area contributed by atoms with E-state index in [-0.39, 0.29) is 30.9 Å². The second-order valence-electron chi connectivity index (χ2n) is 6.43. The molecule has 0 bridgehead atoms. The lowest BCUT2D eigenvalue weighted by Crippen LogP contribution is -2.41. The molecule has 0 saturated heterocycles.